The maximum atomic E-state index is 14.0. The van der Waals surface area contributed by atoms with Crippen molar-refractivity contribution in [1.29, 1.82) is 0 Å². The third kappa shape index (κ3) is 4.19. The number of pyridine rings is 1. The van der Waals surface area contributed by atoms with Gasteiger partial charge in [-0.3, -0.25) is 9.88 Å². The van der Waals surface area contributed by atoms with Crippen molar-refractivity contribution < 1.29 is 17.7 Å². The summed E-state index contributed by atoms with van der Waals surface area (Å²) in [7, 11) is 1.85. The van der Waals surface area contributed by atoms with Crippen LogP contribution in [0.5, 0.6) is 0 Å². The molecule has 0 saturated carbocycles. The van der Waals surface area contributed by atoms with E-state index >= 15 is 0 Å². The van der Waals surface area contributed by atoms with E-state index in [4.69, 9.17) is 8.94 Å². The first kappa shape index (κ1) is 18.9. The molecule has 7 nitrogen and oxygen atoms in total. The van der Waals surface area contributed by atoms with E-state index in [-0.39, 0.29) is 11.5 Å². The fourth-order valence-corrected chi connectivity index (χ4v) is 2.83. The molecule has 0 saturated heterocycles. The number of aryl methyl sites for hydroxylation is 1. The van der Waals surface area contributed by atoms with Crippen molar-refractivity contribution in [3.8, 4) is 22.8 Å². The van der Waals surface area contributed by atoms with Crippen molar-refractivity contribution in [3.63, 3.8) is 0 Å². The second kappa shape index (κ2) is 7.88. The highest BCUT2D eigenvalue weighted by atomic mass is 19.1. The fourth-order valence-electron chi connectivity index (χ4n) is 2.83. The third-order valence-electron chi connectivity index (χ3n) is 4.28. The van der Waals surface area contributed by atoms with Crippen molar-refractivity contribution >= 4 is 0 Å². The van der Waals surface area contributed by atoms with Gasteiger partial charge in [0.25, 0.3) is 0 Å². The quantitative estimate of drug-likeness (QED) is 0.486. The second-order valence-corrected chi connectivity index (χ2v) is 6.57. The summed E-state index contributed by atoms with van der Waals surface area (Å²) >= 11 is 0. The zero-order valence-electron chi connectivity index (χ0n) is 15.8. The van der Waals surface area contributed by atoms with Gasteiger partial charge in [-0.1, -0.05) is 5.16 Å². The molecule has 29 heavy (non-hydrogen) atoms. The summed E-state index contributed by atoms with van der Waals surface area (Å²) < 4.78 is 38.3. The van der Waals surface area contributed by atoms with E-state index in [1.165, 1.54) is 0 Å². The van der Waals surface area contributed by atoms with Crippen LogP contribution < -0.4 is 0 Å². The van der Waals surface area contributed by atoms with Gasteiger partial charge >= 0.3 is 0 Å². The van der Waals surface area contributed by atoms with Gasteiger partial charge in [0.1, 0.15) is 17.4 Å². The number of oxazole rings is 1. The van der Waals surface area contributed by atoms with E-state index in [9.17, 15) is 8.78 Å². The average Bonchev–Trinajstić information content (AvgIpc) is 3.31. The molecule has 0 atom stereocenters. The van der Waals surface area contributed by atoms with Crippen LogP contribution in [0.1, 0.15) is 17.3 Å². The smallest absolute Gasteiger partial charge is 0.241 e. The Morgan fingerprint density at radius 3 is 2.62 bits per heavy atom. The summed E-state index contributed by atoms with van der Waals surface area (Å²) in [4.78, 5) is 14.6. The Bertz CT molecular complexity index is 1130. The van der Waals surface area contributed by atoms with Crippen molar-refractivity contribution in [2.24, 2.45) is 0 Å². The molecule has 0 bridgehead atoms. The van der Waals surface area contributed by atoms with E-state index in [1.54, 1.807) is 31.5 Å². The monoisotopic (exact) mass is 397 g/mol. The van der Waals surface area contributed by atoms with Gasteiger partial charge in [-0.05, 0) is 44.3 Å². The highest BCUT2D eigenvalue weighted by Gasteiger charge is 2.18. The molecule has 0 spiro atoms. The first-order valence-electron chi connectivity index (χ1n) is 8.83. The number of aromatic nitrogens is 4. The summed E-state index contributed by atoms with van der Waals surface area (Å²) in [5.74, 6) is 0.340. The minimum absolute atomic E-state index is 0.0131. The van der Waals surface area contributed by atoms with Gasteiger partial charge in [-0.25, -0.2) is 13.8 Å². The first-order chi connectivity index (χ1) is 14.0. The molecule has 0 aliphatic carbocycles. The average molecular weight is 397 g/mol. The van der Waals surface area contributed by atoms with Crippen LogP contribution >= 0.6 is 0 Å². The van der Waals surface area contributed by atoms with E-state index in [0.717, 1.165) is 23.8 Å². The topological polar surface area (TPSA) is 81.1 Å². The predicted octanol–water partition coefficient (Wildman–Crippen LogP) is 4.01. The number of benzene rings is 1. The van der Waals surface area contributed by atoms with Gasteiger partial charge in [0.05, 0.1) is 17.8 Å². The SMILES string of the molecule is Cc1oc(-c2cc(F)ccc2F)nc1CN(C)Cc1nc(-c2ccncc2)no1. The van der Waals surface area contributed by atoms with Crippen LogP contribution in [-0.4, -0.2) is 32.1 Å². The van der Waals surface area contributed by atoms with Crippen LogP contribution in [0.3, 0.4) is 0 Å². The molecule has 0 amide bonds. The highest BCUT2D eigenvalue weighted by Crippen LogP contribution is 2.26. The van der Waals surface area contributed by atoms with Gasteiger partial charge < -0.3 is 8.94 Å². The normalized spacial score (nSPS) is 11.3. The Labute approximate surface area is 165 Å². The van der Waals surface area contributed by atoms with Crippen LogP contribution in [0, 0.1) is 18.6 Å². The molecule has 0 N–H and O–H groups in total. The van der Waals surface area contributed by atoms with Crippen molar-refractivity contribution in [2.45, 2.75) is 20.0 Å². The van der Waals surface area contributed by atoms with Crippen LogP contribution in [0.15, 0.2) is 51.7 Å². The molecule has 0 radical (unpaired) electrons. The van der Waals surface area contributed by atoms with Gasteiger partial charge in [0, 0.05) is 24.5 Å². The molecule has 3 heterocycles. The molecule has 0 unspecified atom stereocenters. The lowest BCUT2D eigenvalue weighted by molar-refractivity contribution is 0.258. The fraction of sp³-hybridized carbons (Fsp3) is 0.200. The van der Waals surface area contributed by atoms with Crippen LogP contribution in [0.4, 0.5) is 8.78 Å². The zero-order chi connectivity index (χ0) is 20.4. The molecule has 4 aromatic rings. The summed E-state index contributed by atoms with van der Waals surface area (Å²) in [5.41, 5.74) is 1.41. The second-order valence-electron chi connectivity index (χ2n) is 6.57. The molecule has 0 fully saturated rings. The largest absolute Gasteiger partial charge is 0.441 e. The maximum absolute atomic E-state index is 14.0. The van der Waals surface area contributed by atoms with Crippen LogP contribution in [-0.2, 0) is 13.1 Å². The van der Waals surface area contributed by atoms with Crippen LogP contribution in [0.2, 0.25) is 0 Å². The molecule has 1 aromatic carbocycles. The zero-order valence-corrected chi connectivity index (χ0v) is 15.8. The molecule has 4 rings (SSSR count). The van der Waals surface area contributed by atoms with Crippen molar-refractivity contribution in [3.05, 3.63) is 71.7 Å². The van der Waals surface area contributed by atoms with E-state index in [2.05, 4.69) is 20.1 Å². The summed E-state index contributed by atoms with van der Waals surface area (Å²) in [6.45, 7) is 2.51. The minimum Gasteiger partial charge on any atom is -0.441 e. The van der Waals surface area contributed by atoms with Gasteiger partial charge in [0.2, 0.25) is 17.6 Å². The van der Waals surface area contributed by atoms with E-state index in [1.807, 2.05) is 11.9 Å². The molecule has 9 heteroatoms. The summed E-state index contributed by atoms with van der Waals surface area (Å²) in [6, 6.07) is 6.75. The van der Waals surface area contributed by atoms with E-state index in [0.29, 0.717) is 36.3 Å². The van der Waals surface area contributed by atoms with Crippen molar-refractivity contribution in [2.75, 3.05) is 7.05 Å². The molecular weight excluding hydrogens is 380 g/mol. The van der Waals surface area contributed by atoms with E-state index < -0.39 is 11.6 Å². The number of nitrogens with zero attached hydrogens (tertiary/aromatic N) is 5. The number of halogens is 2. The Balaban J connectivity index is 1.47. The molecule has 3 aromatic heterocycles. The third-order valence-corrected chi connectivity index (χ3v) is 4.28. The Kier molecular flexibility index (Phi) is 5.13. The van der Waals surface area contributed by atoms with Crippen LogP contribution in [0.25, 0.3) is 22.8 Å². The molecule has 0 aliphatic heterocycles. The van der Waals surface area contributed by atoms with Crippen molar-refractivity contribution in [1.82, 2.24) is 25.0 Å². The minimum atomic E-state index is -0.595. The molecular formula is C20H17F2N5O2. The predicted molar refractivity (Wildman–Crippen MR) is 99.3 cm³/mol. The summed E-state index contributed by atoms with van der Waals surface area (Å²) in [6.07, 6.45) is 3.31. The lowest BCUT2D eigenvalue weighted by Gasteiger charge is -2.12. The van der Waals surface area contributed by atoms with Gasteiger partial charge in [-0.15, -0.1) is 0 Å². The van der Waals surface area contributed by atoms with Gasteiger partial charge in [0.15, 0.2) is 0 Å². The summed E-state index contributed by atoms with van der Waals surface area (Å²) in [5, 5.41) is 3.97. The lowest BCUT2D eigenvalue weighted by atomic mass is 10.2. The first-order valence-corrected chi connectivity index (χ1v) is 8.83. The Morgan fingerprint density at radius 2 is 1.83 bits per heavy atom. The lowest BCUT2D eigenvalue weighted by Crippen LogP contribution is -2.18. The molecule has 148 valence electrons. The Morgan fingerprint density at radius 1 is 1.03 bits per heavy atom. The maximum Gasteiger partial charge on any atom is 0.241 e. The number of hydrogen-bond donors (Lipinski definition) is 0. The Hall–Kier alpha value is -3.46. The van der Waals surface area contributed by atoms with Gasteiger partial charge in [-0.2, -0.15) is 4.98 Å². The number of hydrogen-bond acceptors (Lipinski definition) is 7. The standard InChI is InChI=1S/C20H17F2N5O2/c1-12-17(24-20(28-12)15-9-14(21)3-4-16(15)22)10-27(2)11-18-25-19(26-29-18)13-5-7-23-8-6-13/h3-9H,10-11H2,1-2H3. The molecule has 0 aliphatic rings. The highest BCUT2D eigenvalue weighted by molar-refractivity contribution is 5.55. The number of rotatable bonds is 6.